The maximum atomic E-state index is 11.6. The van der Waals surface area contributed by atoms with Gasteiger partial charge in [-0.05, 0) is 18.8 Å². The summed E-state index contributed by atoms with van der Waals surface area (Å²) in [5.41, 5.74) is 0.292. The zero-order valence-electron chi connectivity index (χ0n) is 12.3. The molecule has 1 N–H and O–H groups in total. The van der Waals surface area contributed by atoms with E-state index in [4.69, 9.17) is 0 Å². The second-order valence-electron chi connectivity index (χ2n) is 5.63. The lowest BCUT2D eigenvalue weighted by atomic mass is 9.87. The monoisotopic (exact) mass is 242 g/mol. The molecule has 0 radical (unpaired) electrons. The number of amides is 1. The van der Waals surface area contributed by atoms with Gasteiger partial charge in [0.1, 0.15) is 0 Å². The zero-order valence-corrected chi connectivity index (χ0v) is 12.3. The van der Waals surface area contributed by atoms with E-state index < -0.39 is 0 Å². The van der Waals surface area contributed by atoms with Crippen LogP contribution in [0, 0.1) is 5.41 Å². The molecule has 0 spiro atoms. The van der Waals surface area contributed by atoms with Crippen molar-refractivity contribution >= 4 is 5.91 Å². The van der Waals surface area contributed by atoms with Crippen molar-refractivity contribution in [2.24, 2.45) is 5.41 Å². The first-order valence-electron chi connectivity index (χ1n) is 6.87. The Kier molecular flexibility index (Phi) is 8.23. The minimum absolute atomic E-state index is 0.178. The van der Waals surface area contributed by atoms with Crippen molar-refractivity contribution in [1.29, 1.82) is 0 Å². The highest BCUT2D eigenvalue weighted by atomic mass is 16.2. The fraction of sp³-hybridized carbons (Fsp3) is 0.929. The summed E-state index contributed by atoms with van der Waals surface area (Å²) in [6.07, 6.45) is 5.09. The second-order valence-corrected chi connectivity index (χ2v) is 5.63. The van der Waals surface area contributed by atoms with Crippen LogP contribution in [0.3, 0.4) is 0 Å². The molecule has 0 rings (SSSR count). The molecule has 0 atom stereocenters. The van der Waals surface area contributed by atoms with E-state index in [0.29, 0.717) is 12.0 Å². The molecular weight excluding hydrogens is 212 g/mol. The minimum Gasteiger partial charge on any atom is -0.345 e. The average molecular weight is 242 g/mol. The van der Waals surface area contributed by atoms with E-state index in [0.717, 1.165) is 13.1 Å². The maximum absolute atomic E-state index is 11.6. The smallest absolute Gasteiger partial charge is 0.236 e. The fourth-order valence-electron chi connectivity index (χ4n) is 1.76. The molecule has 3 nitrogen and oxygen atoms in total. The maximum Gasteiger partial charge on any atom is 0.236 e. The first-order valence-corrected chi connectivity index (χ1v) is 6.87. The number of unbranched alkanes of at least 4 members (excludes halogenated alkanes) is 2. The summed E-state index contributed by atoms with van der Waals surface area (Å²) in [4.78, 5) is 13.3. The van der Waals surface area contributed by atoms with Crippen LogP contribution in [-0.4, -0.2) is 37.5 Å². The lowest BCUT2D eigenvalue weighted by molar-refractivity contribution is -0.128. The Bertz CT molecular complexity index is 214. The van der Waals surface area contributed by atoms with Crippen molar-refractivity contribution in [2.45, 2.75) is 53.4 Å². The topological polar surface area (TPSA) is 32.3 Å². The van der Waals surface area contributed by atoms with Gasteiger partial charge in [0.05, 0.1) is 6.54 Å². The van der Waals surface area contributed by atoms with Gasteiger partial charge in [0.25, 0.3) is 0 Å². The predicted octanol–water partition coefficient (Wildman–Crippen LogP) is 2.66. The molecule has 0 heterocycles. The third-order valence-electron chi connectivity index (χ3n) is 3.24. The second kappa shape index (κ2) is 8.51. The van der Waals surface area contributed by atoms with Crippen molar-refractivity contribution in [1.82, 2.24) is 10.2 Å². The van der Waals surface area contributed by atoms with Crippen LogP contribution in [0.4, 0.5) is 0 Å². The number of rotatable bonds is 9. The van der Waals surface area contributed by atoms with Gasteiger partial charge in [-0.1, -0.05) is 40.0 Å². The number of carbonyl (C=O) groups excluding carboxylic acids is 1. The molecule has 0 aromatic carbocycles. The van der Waals surface area contributed by atoms with Crippen LogP contribution in [0.15, 0.2) is 0 Å². The minimum atomic E-state index is 0.178. The van der Waals surface area contributed by atoms with Gasteiger partial charge in [0, 0.05) is 20.1 Å². The van der Waals surface area contributed by atoms with Crippen LogP contribution in [0.2, 0.25) is 0 Å². The molecule has 0 saturated heterocycles. The molecule has 0 fully saturated rings. The summed E-state index contributed by atoms with van der Waals surface area (Å²) in [6, 6.07) is 0. The Balaban J connectivity index is 3.74. The molecule has 0 bridgehead atoms. The van der Waals surface area contributed by atoms with Crippen LogP contribution in [0.5, 0.6) is 0 Å². The normalized spacial score (nSPS) is 11.6. The van der Waals surface area contributed by atoms with Gasteiger partial charge in [-0.3, -0.25) is 4.79 Å². The molecule has 102 valence electrons. The lowest BCUT2D eigenvalue weighted by Crippen LogP contribution is -2.39. The van der Waals surface area contributed by atoms with Gasteiger partial charge in [-0.15, -0.1) is 0 Å². The Hall–Kier alpha value is -0.570. The molecule has 17 heavy (non-hydrogen) atoms. The molecule has 0 unspecified atom stereocenters. The van der Waals surface area contributed by atoms with Crippen molar-refractivity contribution in [2.75, 3.05) is 26.7 Å². The molecule has 0 aliphatic heterocycles. The third-order valence-corrected chi connectivity index (χ3v) is 3.24. The number of nitrogens with zero attached hydrogens (tertiary/aromatic N) is 1. The molecular formula is C14H30N2O. The van der Waals surface area contributed by atoms with Gasteiger partial charge in [-0.25, -0.2) is 0 Å². The Morgan fingerprint density at radius 3 is 2.41 bits per heavy atom. The third kappa shape index (κ3) is 8.19. The van der Waals surface area contributed by atoms with Gasteiger partial charge in [-0.2, -0.15) is 0 Å². The molecule has 0 aromatic heterocycles. The van der Waals surface area contributed by atoms with Crippen molar-refractivity contribution < 1.29 is 4.79 Å². The van der Waals surface area contributed by atoms with E-state index in [1.807, 2.05) is 14.0 Å². The summed E-state index contributed by atoms with van der Waals surface area (Å²) in [5.74, 6) is 0.178. The molecule has 0 aliphatic carbocycles. The van der Waals surface area contributed by atoms with Crippen molar-refractivity contribution in [3.8, 4) is 0 Å². The number of hydrogen-bond donors (Lipinski definition) is 1. The van der Waals surface area contributed by atoms with E-state index >= 15 is 0 Å². The molecule has 0 aliphatic rings. The van der Waals surface area contributed by atoms with E-state index in [1.54, 1.807) is 4.90 Å². The summed E-state index contributed by atoms with van der Waals surface area (Å²) >= 11 is 0. The molecule has 0 aromatic rings. The van der Waals surface area contributed by atoms with Gasteiger partial charge in [0.2, 0.25) is 5.91 Å². The first kappa shape index (κ1) is 16.4. The van der Waals surface area contributed by atoms with E-state index in [9.17, 15) is 4.79 Å². The highest BCUT2D eigenvalue weighted by Gasteiger charge is 2.17. The standard InChI is InChI=1S/C14H30N2O/c1-6-8-9-10-14(3,4)12-15-11-13(17)16(5)7-2/h15H,6-12H2,1-5H3. The number of nitrogens with one attached hydrogen (secondary N) is 1. The number of likely N-dealkylation sites (N-methyl/N-ethyl adjacent to an activating group) is 1. The summed E-state index contributed by atoms with van der Waals surface area (Å²) < 4.78 is 0. The fourth-order valence-corrected chi connectivity index (χ4v) is 1.76. The predicted molar refractivity (Wildman–Crippen MR) is 74.1 cm³/mol. The van der Waals surface area contributed by atoms with E-state index in [1.165, 1.54) is 25.7 Å². The summed E-state index contributed by atoms with van der Waals surface area (Å²) in [6.45, 7) is 10.9. The van der Waals surface area contributed by atoms with Crippen LogP contribution in [0.1, 0.15) is 53.4 Å². The Labute approximate surface area is 107 Å². The number of hydrogen-bond acceptors (Lipinski definition) is 2. The largest absolute Gasteiger partial charge is 0.345 e. The average Bonchev–Trinajstić information content (AvgIpc) is 2.27. The van der Waals surface area contributed by atoms with E-state index in [2.05, 4.69) is 26.1 Å². The van der Waals surface area contributed by atoms with Crippen LogP contribution in [0.25, 0.3) is 0 Å². The van der Waals surface area contributed by atoms with E-state index in [-0.39, 0.29) is 5.91 Å². The van der Waals surface area contributed by atoms with Crippen molar-refractivity contribution in [3.63, 3.8) is 0 Å². The van der Waals surface area contributed by atoms with Crippen LogP contribution in [-0.2, 0) is 4.79 Å². The quantitative estimate of drug-likeness (QED) is 0.630. The highest BCUT2D eigenvalue weighted by molar-refractivity contribution is 5.77. The van der Waals surface area contributed by atoms with Crippen molar-refractivity contribution in [3.05, 3.63) is 0 Å². The lowest BCUT2D eigenvalue weighted by Gasteiger charge is -2.25. The SMILES string of the molecule is CCCCCC(C)(C)CNCC(=O)N(C)CC. The Morgan fingerprint density at radius 1 is 1.24 bits per heavy atom. The van der Waals surface area contributed by atoms with Gasteiger partial charge in [0.15, 0.2) is 0 Å². The van der Waals surface area contributed by atoms with Gasteiger partial charge < -0.3 is 10.2 Å². The first-order chi connectivity index (χ1) is 7.93. The van der Waals surface area contributed by atoms with Gasteiger partial charge >= 0.3 is 0 Å². The molecule has 3 heteroatoms. The number of carbonyl (C=O) groups is 1. The summed E-state index contributed by atoms with van der Waals surface area (Å²) in [5, 5.41) is 3.28. The Morgan fingerprint density at radius 2 is 1.88 bits per heavy atom. The van der Waals surface area contributed by atoms with Crippen LogP contribution < -0.4 is 5.32 Å². The highest BCUT2D eigenvalue weighted by Crippen LogP contribution is 2.22. The van der Waals surface area contributed by atoms with Crippen LogP contribution >= 0.6 is 0 Å². The molecule has 1 amide bonds. The molecule has 0 saturated carbocycles. The zero-order chi connectivity index (χ0) is 13.3. The summed E-state index contributed by atoms with van der Waals surface area (Å²) in [7, 11) is 1.84.